The summed E-state index contributed by atoms with van der Waals surface area (Å²) >= 11 is 0. The van der Waals surface area contributed by atoms with E-state index in [9.17, 15) is 9.18 Å². The van der Waals surface area contributed by atoms with Gasteiger partial charge in [-0.2, -0.15) is 0 Å². The lowest BCUT2D eigenvalue weighted by atomic mass is 9.96. The number of hydrogen-bond acceptors (Lipinski definition) is 2. The van der Waals surface area contributed by atoms with Crippen LogP contribution in [0.3, 0.4) is 0 Å². The molecule has 0 unspecified atom stereocenters. The third kappa shape index (κ3) is 2.79. The zero-order valence-corrected chi connectivity index (χ0v) is 9.46. The second-order valence-corrected chi connectivity index (χ2v) is 3.39. The number of halogens is 1. The Labute approximate surface area is 94.3 Å². The van der Waals surface area contributed by atoms with E-state index in [-0.39, 0.29) is 5.82 Å². The molecule has 0 bridgehead atoms. The standard InChI is InChI=1S/C10H10FNO2.C2H6/c11-8-2-1-6-4-9(10(13)14)12-5-7(6)3-8;1-2/h1-3,9,12H,4-5H2,(H,13,14);1-2H3/t9-;/m1./s1. The van der Waals surface area contributed by atoms with Crippen molar-refractivity contribution in [3.8, 4) is 0 Å². The Kier molecular flexibility index (Phi) is 4.43. The van der Waals surface area contributed by atoms with Crippen LogP contribution in [0.4, 0.5) is 4.39 Å². The normalized spacial score (nSPS) is 18.1. The van der Waals surface area contributed by atoms with Crippen LogP contribution in [0.25, 0.3) is 0 Å². The maximum atomic E-state index is 12.8. The van der Waals surface area contributed by atoms with E-state index in [1.54, 1.807) is 6.07 Å². The lowest BCUT2D eigenvalue weighted by Crippen LogP contribution is -2.41. The molecular formula is C12H16FNO2. The lowest BCUT2D eigenvalue weighted by molar-refractivity contribution is -0.139. The molecule has 0 aliphatic carbocycles. The topological polar surface area (TPSA) is 49.3 Å². The van der Waals surface area contributed by atoms with Gasteiger partial charge in [-0.05, 0) is 29.7 Å². The Balaban J connectivity index is 0.000000606. The van der Waals surface area contributed by atoms with E-state index in [1.165, 1.54) is 12.1 Å². The highest BCUT2D eigenvalue weighted by molar-refractivity contribution is 5.74. The summed E-state index contributed by atoms with van der Waals surface area (Å²) in [5, 5.41) is 11.6. The van der Waals surface area contributed by atoms with Crippen molar-refractivity contribution < 1.29 is 14.3 Å². The number of rotatable bonds is 1. The Morgan fingerprint density at radius 1 is 1.44 bits per heavy atom. The highest BCUT2D eigenvalue weighted by Crippen LogP contribution is 2.17. The van der Waals surface area contributed by atoms with Crippen LogP contribution >= 0.6 is 0 Å². The van der Waals surface area contributed by atoms with Crippen LogP contribution in [0, 0.1) is 5.82 Å². The molecule has 1 aromatic carbocycles. The molecule has 4 heteroatoms. The van der Waals surface area contributed by atoms with Crippen molar-refractivity contribution in [1.29, 1.82) is 0 Å². The lowest BCUT2D eigenvalue weighted by Gasteiger charge is -2.22. The fraction of sp³-hybridized carbons (Fsp3) is 0.417. The molecule has 0 radical (unpaired) electrons. The predicted molar refractivity (Wildman–Crippen MR) is 59.7 cm³/mol. The van der Waals surface area contributed by atoms with Crippen LogP contribution < -0.4 is 5.32 Å². The molecule has 0 saturated carbocycles. The highest BCUT2D eigenvalue weighted by Gasteiger charge is 2.23. The monoisotopic (exact) mass is 225 g/mol. The van der Waals surface area contributed by atoms with Crippen molar-refractivity contribution in [3.05, 3.63) is 35.1 Å². The van der Waals surface area contributed by atoms with Crippen molar-refractivity contribution in [2.75, 3.05) is 0 Å². The predicted octanol–water partition coefficient (Wildman–Crippen LogP) is 1.95. The van der Waals surface area contributed by atoms with E-state index in [0.717, 1.165) is 11.1 Å². The molecule has 1 heterocycles. The number of carbonyl (C=O) groups is 1. The fourth-order valence-corrected chi connectivity index (χ4v) is 1.66. The molecule has 0 spiro atoms. The van der Waals surface area contributed by atoms with E-state index in [0.29, 0.717) is 13.0 Å². The van der Waals surface area contributed by atoms with Gasteiger partial charge in [0.05, 0.1) is 0 Å². The molecule has 0 amide bonds. The Bertz CT molecular complexity index is 379. The van der Waals surface area contributed by atoms with Gasteiger partial charge in [0.25, 0.3) is 0 Å². The second kappa shape index (κ2) is 5.61. The van der Waals surface area contributed by atoms with Gasteiger partial charge in [-0.15, -0.1) is 0 Å². The van der Waals surface area contributed by atoms with Crippen molar-refractivity contribution in [3.63, 3.8) is 0 Å². The smallest absolute Gasteiger partial charge is 0.321 e. The Hall–Kier alpha value is -1.42. The first-order valence-corrected chi connectivity index (χ1v) is 5.40. The molecule has 1 aromatic rings. The van der Waals surface area contributed by atoms with Gasteiger partial charge in [-0.1, -0.05) is 19.9 Å². The van der Waals surface area contributed by atoms with Gasteiger partial charge in [0.15, 0.2) is 0 Å². The fourth-order valence-electron chi connectivity index (χ4n) is 1.66. The Morgan fingerprint density at radius 3 is 2.75 bits per heavy atom. The summed E-state index contributed by atoms with van der Waals surface area (Å²) in [5.74, 6) is -1.14. The van der Waals surface area contributed by atoms with E-state index in [1.807, 2.05) is 13.8 Å². The maximum absolute atomic E-state index is 12.8. The highest BCUT2D eigenvalue weighted by atomic mass is 19.1. The number of nitrogens with one attached hydrogen (secondary N) is 1. The van der Waals surface area contributed by atoms with Gasteiger partial charge in [0.2, 0.25) is 0 Å². The van der Waals surface area contributed by atoms with Gasteiger partial charge in [-0.25, -0.2) is 4.39 Å². The average molecular weight is 225 g/mol. The number of aliphatic carboxylic acids is 1. The minimum absolute atomic E-state index is 0.278. The molecule has 88 valence electrons. The molecule has 2 N–H and O–H groups in total. The first-order chi connectivity index (χ1) is 7.66. The van der Waals surface area contributed by atoms with Gasteiger partial charge < -0.3 is 10.4 Å². The van der Waals surface area contributed by atoms with Crippen molar-refractivity contribution in [1.82, 2.24) is 5.32 Å². The van der Waals surface area contributed by atoms with E-state index < -0.39 is 12.0 Å². The average Bonchev–Trinajstić information content (AvgIpc) is 2.30. The van der Waals surface area contributed by atoms with E-state index >= 15 is 0 Å². The van der Waals surface area contributed by atoms with Crippen LogP contribution in [0.15, 0.2) is 18.2 Å². The maximum Gasteiger partial charge on any atom is 0.321 e. The summed E-state index contributed by atoms with van der Waals surface area (Å²) in [6, 6.07) is 3.92. The quantitative estimate of drug-likeness (QED) is 0.768. The first-order valence-electron chi connectivity index (χ1n) is 5.40. The SMILES string of the molecule is CC.O=C(O)[C@H]1Cc2ccc(F)cc2CN1. The van der Waals surface area contributed by atoms with Crippen LogP contribution in [0.5, 0.6) is 0 Å². The molecule has 2 rings (SSSR count). The molecule has 16 heavy (non-hydrogen) atoms. The zero-order chi connectivity index (χ0) is 12.1. The summed E-state index contributed by atoms with van der Waals surface area (Å²) in [4.78, 5) is 10.7. The summed E-state index contributed by atoms with van der Waals surface area (Å²) in [6.07, 6.45) is 0.422. The largest absolute Gasteiger partial charge is 0.480 e. The van der Waals surface area contributed by atoms with Gasteiger partial charge in [0, 0.05) is 6.54 Å². The summed E-state index contributed by atoms with van der Waals surface area (Å²) in [6.45, 7) is 4.42. The molecule has 0 saturated heterocycles. The number of carboxylic acids is 1. The van der Waals surface area contributed by atoms with Gasteiger partial charge in [0.1, 0.15) is 11.9 Å². The molecule has 1 aliphatic heterocycles. The second-order valence-electron chi connectivity index (χ2n) is 3.39. The van der Waals surface area contributed by atoms with E-state index in [2.05, 4.69) is 5.32 Å². The van der Waals surface area contributed by atoms with Crippen molar-refractivity contribution in [2.45, 2.75) is 32.9 Å². The number of fused-ring (bicyclic) bond motifs is 1. The van der Waals surface area contributed by atoms with Crippen LogP contribution in [0.1, 0.15) is 25.0 Å². The number of benzene rings is 1. The molecular weight excluding hydrogens is 209 g/mol. The molecule has 0 fully saturated rings. The van der Waals surface area contributed by atoms with Gasteiger partial charge >= 0.3 is 5.97 Å². The first kappa shape index (κ1) is 12.6. The summed E-state index contributed by atoms with van der Waals surface area (Å²) in [5.41, 5.74) is 1.76. The van der Waals surface area contributed by atoms with Crippen LogP contribution in [-0.4, -0.2) is 17.1 Å². The molecule has 0 aromatic heterocycles. The van der Waals surface area contributed by atoms with Crippen molar-refractivity contribution in [2.24, 2.45) is 0 Å². The number of hydrogen-bond donors (Lipinski definition) is 2. The summed E-state index contributed by atoms with van der Waals surface area (Å²) < 4.78 is 12.8. The third-order valence-corrected chi connectivity index (χ3v) is 2.43. The van der Waals surface area contributed by atoms with Gasteiger partial charge in [-0.3, -0.25) is 4.79 Å². The molecule has 1 aliphatic rings. The molecule has 1 atom stereocenters. The van der Waals surface area contributed by atoms with Crippen LogP contribution in [-0.2, 0) is 17.8 Å². The summed E-state index contributed by atoms with van der Waals surface area (Å²) in [7, 11) is 0. The number of carboxylic acid groups (broad SMARTS) is 1. The zero-order valence-electron chi connectivity index (χ0n) is 9.46. The van der Waals surface area contributed by atoms with Crippen LogP contribution in [0.2, 0.25) is 0 Å². The molecule has 3 nitrogen and oxygen atoms in total. The Morgan fingerprint density at radius 2 is 2.12 bits per heavy atom. The minimum atomic E-state index is -0.861. The van der Waals surface area contributed by atoms with E-state index in [4.69, 9.17) is 5.11 Å². The minimum Gasteiger partial charge on any atom is -0.480 e. The van der Waals surface area contributed by atoms with Crippen molar-refractivity contribution >= 4 is 5.97 Å². The third-order valence-electron chi connectivity index (χ3n) is 2.43.